The monoisotopic (exact) mass is 258 g/mol. The summed E-state index contributed by atoms with van der Waals surface area (Å²) in [5.74, 6) is 0.645. The number of nitrogens with one attached hydrogen (secondary N) is 1. The largest absolute Gasteiger partial charge is 0.506 e. The van der Waals surface area contributed by atoms with Gasteiger partial charge in [0.05, 0.1) is 17.9 Å². The van der Waals surface area contributed by atoms with Crippen LogP contribution in [-0.4, -0.2) is 20.1 Å². The molecule has 1 aliphatic rings. The number of hydrogen-bond acceptors (Lipinski definition) is 6. The second kappa shape index (κ2) is 4.47. The SMILES string of the molecule is Cc1ccnc(NC2OCc3cnc(C)c(O)c32)n1. The number of aromatic nitrogens is 3. The van der Waals surface area contributed by atoms with E-state index in [9.17, 15) is 5.11 Å². The molecule has 0 amide bonds. The van der Waals surface area contributed by atoms with Crippen molar-refractivity contribution in [2.24, 2.45) is 0 Å². The first kappa shape index (κ1) is 11.9. The summed E-state index contributed by atoms with van der Waals surface area (Å²) >= 11 is 0. The molecule has 0 aliphatic carbocycles. The van der Waals surface area contributed by atoms with E-state index in [0.29, 0.717) is 18.2 Å². The molecule has 6 heteroatoms. The van der Waals surface area contributed by atoms with E-state index in [-0.39, 0.29) is 5.75 Å². The highest BCUT2D eigenvalue weighted by Gasteiger charge is 2.28. The van der Waals surface area contributed by atoms with Crippen molar-refractivity contribution in [2.75, 3.05) is 5.32 Å². The van der Waals surface area contributed by atoms with Crippen LogP contribution in [0.1, 0.15) is 28.7 Å². The number of fused-ring (bicyclic) bond motifs is 1. The summed E-state index contributed by atoms with van der Waals surface area (Å²) in [5, 5.41) is 13.2. The lowest BCUT2D eigenvalue weighted by Gasteiger charge is -2.15. The molecule has 3 rings (SSSR count). The van der Waals surface area contributed by atoms with Gasteiger partial charge in [-0.25, -0.2) is 9.97 Å². The Bertz CT molecular complexity index is 630. The van der Waals surface area contributed by atoms with Gasteiger partial charge >= 0.3 is 0 Å². The first-order valence-corrected chi connectivity index (χ1v) is 6.00. The Hall–Kier alpha value is -2.21. The molecule has 0 saturated carbocycles. The number of hydrogen-bond donors (Lipinski definition) is 2. The molecule has 98 valence electrons. The molecule has 2 aromatic heterocycles. The van der Waals surface area contributed by atoms with Crippen LogP contribution in [0.15, 0.2) is 18.5 Å². The number of anilines is 1. The molecule has 0 fully saturated rings. The maximum atomic E-state index is 10.1. The van der Waals surface area contributed by atoms with E-state index in [2.05, 4.69) is 20.3 Å². The fourth-order valence-corrected chi connectivity index (χ4v) is 2.07. The van der Waals surface area contributed by atoms with Crippen molar-refractivity contribution in [3.05, 3.63) is 41.0 Å². The summed E-state index contributed by atoms with van der Waals surface area (Å²) in [6.45, 7) is 4.07. The lowest BCUT2D eigenvalue weighted by atomic mass is 10.1. The normalized spacial score (nSPS) is 17.3. The van der Waals surface area contributed by atoms with Crippen LogP contribution in [0.2, 0.25) is 0 Å². The fraction of sp³-hybridized carbons (Fsp3) is 0.308. The smallest absolute Gasteiger partial charge is 0.225 e. The predicted octanol–water partition coefficient (Wildman–Crippen LogP) is 1.83. The van der Waals surface area contributed by atoms with Crippen LogP contribution in [0, 0.1) is 13.8 Å². The Morgan fingerprint density at radius 2 is 2.21 bits per heavy atom. The molecule has 3 heterocycles. The first-order valence-electron chi connectivity index (χ1n) is 6.00. The molecule has 2 N–H and O–H groups in total. The molecule has 6 nitrogen and oxygen atoms in total. The molecular weight excluding hydrogens is 244 g/mol. The molecule has 1 unspecified atom stereocenters. The molecular formula is C13H14N4O2. The van der Waals surface area contributed by atoms with Crippen molar-refractivity contribution in [3.63, 3.8) is 0 Å². The average molecular weight is 258 g/mol. The summed E-state index contributed by atoms with van der Waals surface area (Å²) in [5.41, 5.74) is 3.05. The van der Waals surface area contributed by atoms with E-state index >= 15 is 0 Å². The van der Waals surface area contributed by atoms with Gasteiger partial charge in [0, 0.05) is 23.7 Å². The molecule has 0 aromatic carbocycles. The number of aromatic hydroxyl groups is 1. The molecule has 0 bridgehead atoms. The number of nitrogens with zero attached hydrogens (tertiary/aromatic N) is 3. The van der Waals surface area contributed by atoms with Crippen LogP contribution in [0.4, 0.5) is 5.95 Å². The van der Waals surface area contributed by atoms with Crippen LogP contribution in [-0.2, 0) is 11.3 Å². The van der Waals surface area contributed by atoms with Crippen LogP contribution < -0.4 is 5.32 Å². The van der Waals surface area contributed by atoms with Crippen LogP contribution in [0.5, 0.6) is 5.75 Å². The minimum Gasteiger partial charge on any atom is -0.506 e. The van der Waals surface area contributed by atoms with Gasteiger partial charge < -0.3 is 15.2 Å². The van der Waals surface area contributed by atoms with Crippen molar-refractivity contribution >= 4 is 5.95 Å². The molecule has 19 heavy (non-hydrogen) atoms. The Labute approximate surface area is 110 Å². The second-order valence-electron chi connectivity index (χ2n) is 4.49. The minimum atomic E-state index is -0.446. The second-order valence-corrected chi connectivity index (χ2v) is 4.49. The van der Waals surface area contributed by atoms with E-state index in [4.69, 9.17) is 4.74 Å². The van der Waals surface area contributed by atoms with Gasteiger partial charge in [-0.1, -0.05) is 0 Å². The summed E-state index contributed by atoms with van der Waals surface area (Å²) in [4.78, 5) is 12.5. The highest BCUT2D eigenvalue weighted by molar-refractivity contribution is 5.46. The lowest BCUT2D eigenvalue weighted by Crippen LogP contribution is -2.12. The summed E-state index contributed by atoms with van der Waals surface area (Å²) in [6, 6.07) is 1.82. The van der Waals surface area contributed by atoms with Crippen LogP contribution in [0.25, 0.3) is 0 Å². The van der Waals surface area contributed by atoms with E-state index in [0.717, 1.165) is 16.8 Å². The molecule has 0 saturated heterocycles. The van der Waals surface area contributed by atoms with Gasteiger partial charge in [0.1, 0.15) is 5.75 Å². The van der Waals surface area contributed by atoms with Crippen molar-refractivity contribution < 1.29 is 9.84 Å². The van der Waals surface area contributed by atoms with Gasteiger partial charge in [-0.2, -0.15) is 0 Å². The highest BCUT2D eigenvalue weighted by atomic mass is 16.5. The zero-order chi connectivity index (χ0) is 13.4. The van der Waals surface area contributed by atoms with Gasteiger partial charge in [-0.3, -0.25) is 4.98 Å². The number of aryl methyl sites for hydroxylation is 2. The maximum Gasteiger partial charge on any atom is 0.225 e. The van der Waals surface area contributed by atoms with Gasteiger partial charge in [-0.15, -0.1) is 0 Å². The Balaban J connectivity index is 1.92. The van der Waals surface area contributed by atoms with Gasteiger partial charge in [0.15, 0.2) is 6.23 Å². The quantitative estimate of drug-likeness (QED) is 0.855. The van der Waals surface area contributed by atoms with Crippen molar-refractivity contribution in [1.29, 1.82) is 0 Å². The van der Waals surface area contributed by atoms with Crippen LogP contribution in [0.3, 0.4) is 0 Å². The predicted molar refractivity (Wildman–Crippen MR) is 68.6 cm³/mol. The first-order chi connectivity index (χ1) is 9.15. The topological polar surface area (TPSA) is 80.2 Å². The van der Waals surface area contributed by atoms with Crippen molar-refractivity contribution in [2.45, 2.75) is 26.7 Å². The highest BCUT2D eigenvalue weighted by Crippen LogP contribution is 2.37. The van der Waals surface area contributed by atoms with E-state index in [1.165, 1.54) is 0 Å². The summed E-state index contributed by atoms with van der Waals surface area (Å²) in [7, 11) is 0. The molecule has 2 aromatic rings. The van der Waals surface area contributed by atoms with E-state index < -0.39 is 6.23 Å². The number of rotatable bonds is 2. The molecule has 0 radical (unpaired) electrons. The Morgan fingerprint density at radius 1 is 1.37 bits per heavy atom. The van der Waals surface area contributed by atoms with Crippen LogP contribution >= 0.6 is 0 Å². The average Bonchev–Trinajstić information content (AvgIpc) is 2.78. The summed E-state index contributed by atoms with van der Waals surface area (Å²) in [6.07, 6.45) is 2.96. The standard InChI is InChI=1S/C13H14N4O2/c1-7-3-4-14-13(16-7)17-12-10-9(6-19-12)5-15-8(2)11(10)18/h3-5,12,18H,6H2,1-2H3,(H,14,16,17). The molecule has 0 spiro atoms. The Morgan fingerprint density at radius 3 is 3.00 bits per heavy atom. The molecule has 1 atom stereocenters. The van der Waals surface area contributed by atoms with Gasteiger partial charge in [0.2, 0.25) is 5.95 Å². The third kappa shape index (κ3) is 2.10. The van der Waals surface area contributed by atoms with E-state index in [1.807, 2.05) is 13.0 Å². The minimum absolute atomic E-state index is 0.167. The number of pyridine rings is 1. The van der Waals surface area contributed by atoms with Gasteiger partial charge in [-0.05, 0) is 19.9 Å². The fourth-order valence-electron chi connectivity index (χ4n) is 2.07. The zero-order valence-electron chi connectivity index (χ0n) is 10.7. The molecule has 1 aliphatic heterocycles. The van der Waals surface area contributed by atoms with Crippen molar-refractivity contribution in [3.8, 4) is 5.75 Å². The third-order valence-electron chi connectivity index (χ3n) is 3.08. The third-order valence-corrected chi connectivity index (χ3v) is 3.08. The van der Waals surface area contributed by atoms with E-state index in [1.54, 1.807) is 19.3 Å². The maximum absolute atomic E-state index is 10.1. The summed E-state index contributed by atoms with van der Waals surface area (Å²) < 4.78 is 5.61. The number of ether oxygens (including phenoxy) is 1. The zero-order valence-corrected chi connectivity index (χ0v) is 10.7. The Kier molecular flexibility index (Phi) is 2.79. The van der Waals surface area contributed by atoms with Crippen molar-refractivity contribution in [1.82, 2.24) is 15.0 Å². The lowest BCUT2D eigenvalue weighted by molar-refractivity contribution is 0.0842. The van der Waals surface area contributed by atoms with Gasteiger partial charge in [0.25, 0.3) is 0 Å².